The third-order valence-corrected chi connectivity index (χ3v) is 4.41. The van der Waals surface area contributed by atoms with Crippen LogP contribution in [0.1, 0.15) is 12.5 Å². The summed E-state index contributed by atoms with van der Waals surface area (Å²) >= 11 is 0. The van der Waals surface area contributed by atoms with E-state index >= 15 is 0 Å². The fourth-order valence-electron chi connectivity index (χ4n) is 2.88. The van der Waals surface area contributed by atoms with Crippen LogP contribution in [0.25, 0.3) is 11.5 Å². The molecular formula is C18H20N6O. The highest BCUT2D eigenvalue weighted by Gasteiger charge is 2.20. The zero-order chi connectivity index (χ0) is 17.1. The molecule has 128 valence electrons. The highest BCUT2D eigenvalue weighted by molar-refractivity contribution is 5.53. The average Bonchev–Trinajstić information content (AvgIpc) is 3.23. The number of hydrogen-bond acceptors (Lipinski definition) is 7. The van der Waals surface area contributed by atoms with E-state index in [1.807, 2.05) is 36.7 Å². The normalized spacial score (nSPS) is 14.8. The highest BCUT2D eigenvalue weighted by atomic mass is 16.3. The molecule has 0 unspecified atom stereocenters. The lowest BCUT2D eigenvalue weighted by Gasteiger charge is -2.35. The number of hydrogen-bond donors (Lipinski definition) is 0. The Morgan fingerprint density at radius 3 is 2.32 bits per heavy atom. The number of aromatic nitrogens is 4. The smallest absolute Gasteiger partial charge is 0.225 e. The van der Waals surface area contributed by atoms with Crippen LogP contribution in [0.4, 0.5) is 11.8 Å². The van der Waals surface area contributed by atoms with Gasteiger partial charge in [0.2, 0.25) is 5.95 Å². The van der Waals surface area contributed by atoms with E-state index in [0.29, 0.717) is 0 Å². The van der Waals surface area contributed by atoms with E-state index in [0.717, 1.165) is 61.4 Å². The summed E-state index contributed by atoms with van der Waals surface area (Å²) < 4.78 is 5.35. The van der Waals surface area contributed by atoms with Crippen LogP contribution in [-0.4, -0.2) is 46.3 Å². The predicted molar refractivity (Wildman–Crippen MR) is 95.6 cm³/mol. The number of nitrogens with zero attached hydrogens (tertiary/aromatic N) is 6. The summed E-state index contributed by atoms with van der Waals surface area (Å²) in [5, 5.41) is 8.61. The molecule has 1 saturated heterocycles. The molecule has 7 nitrogen and oxygen atoms in total. The Morgan fingerprint density at radius 2 is 1.72 bits per heavy atom. The van der Waals surface area contributed by atoms with E-state index in [-0.39, 0.29) is 0 Å². The average molecular weight is 336 g/mol. The van der Waals surface area contributed by atoms with Crippen LogP contribution in [0.15, 0.2) is 47.3 Å². The molecule has 1 aliphatic rings. The molecular weight excluding hydrogens is 316 g/mol. The van der Waals surface area contributed by atoms with Crippen LogP contribution in [0.2, 0.25) is 0 Å². The largest absolute Gasteiger partial charge is 0.463 e. The summed E-state index contributed by atoms with van der Waals surface area (Å²) in [5.74, 6) is 2.42. The van der Waals surface area contributed by atoms with Gasteiger partial charge in [-0.3, -0.25) is 0 Å². The number of aryl methyl sites for hydroxylation is 1. The minimum atomic E-state index is 0.733. The quantitative estimate of drug-likeness (QED) is 0.724. The third-order valence-electron chi connectivity index (χ3n) is 4.41. The zero-order valence-electron chi connectivity index (χ0n) is 14.2. The maximum Gasteiger partial charge on any atom is 0.225 e. The summed E-state index contributed by atoms with van der Waals surface area (Å²) in [6, 6.07) is 7.67. The van der Waals surface area contributed by atoms with Crippen molar-refractivity contribution in [3.05, 3.63) is 48.5 Å². The van der Waals surface area contributed by atoms with E-state index in [1.165, 1.54) is 0 Å². The van der Waals surface area contributed by atoms with Gasteiger partial charge in [0, 0.05) is 38.6 Å². The molecule has 0 aromatic carbocycles. The second-order valence-electron chi connectivity index (χ2n) is 5.97. The van der Waals surface area contributed by atoms with Crippen LogP contribution in [0.3, 0.4) is 0 Å². The maximum absolute atomic E-state index is 5.35. The lowest BCUT2D eigenvalue weighted by Crippen LogP contribution is -2.47. The van der Waals surface area contributed by atoms with Crippen molar-refractivity contribution in [3.8, 4) is 11.5 Å². The Balaban J connectivity index is 1.39. The van der Waals surface area contributed by atoms with E-state index in [2.05, 4.69) is 36.9 Å². The minimum absolute atomic E-state index is 0.733. The molecule has 1 fully saturated rings. The van der Waals surface area contributed by atoms with Crippen molar-refractivity contribution in [1.82, 2.24) is 20.2 Å². The van der Waals surface area contributed by atoms with Gasteiger partial charge >= 0.3 is 0 Å². The molecule has 0 bridgehead atoms. The maximum atomic E-state index is 5.35. The Morgan fingerprint density at radius 1 is 0.960 bits per heavy atom. The first-order chi connectivity index (χ1) is 12.3. The van der Waals surface area contributed by atoms with Crippen LogP contribution in [0.5, 0.6) is 0 Å². The summed E-state index contributed by atoms with van der Waals surface area (Å²) in [7, 11) is 0. The summed E-state index contributed by atoms with van der Waals surface area (Å²) in [6.07, 6.45) is 6.42. The predicted octanol–water partition coefficient (Wildman–Crippen LogP) is 2.42. The molecule has 3 aromatic heterocycles. The van der Waals surface area contributed by atoms with Gasteiger partial charge in [-0.2, -0.15) is 0 Å². The van der Waals surface area contributed by atoms with Crippen LogP contribution < -0.4 is 9.80 Å². The molecule has 4 rings (SSSR count). The van der Waals surface area contributed by atoms with Crippen LogP contribution in [-0.2, 0) is 6.42 Å². The summed E-state index contributed by atoms with van der Waals surface area (Å²) in [5.41, 5.74) is 1.91. The minimum Gasteiger partial charge on any atom is -0.463 e. The number of rotatable bonds is 4. The standard InChI is InChI=1S/C18H20N6O/c1-2-14-12-19-18(20-13-14)24-9-7-23(8-10-24)17-6-5-15(21-22-17)16-4-3-11-25-16/h3-6,11-13H,2,7-10H2,1H3. The molecule has 25 heavy (non-hydrogen) atoms. The van der Waals surface area contributed by atoms with Crippen LogP contribution >= 0.6 is 0 Å². The summed E-state index contributed by atoms with van der Waals surface area (Å²) in [6.45, 7) is 5.58. The number of piperazine rings is 1. The van der Waals surface area contributed by atoms with Crippen molar-refractivity contribution in [2.24, 2.45) is 0 Å². The molecule has 1 aliphatic heterocycles. The van der Waals surface area contributed by atoms with E-state index < -0.39 is 0 Å². The van der Waals surface area contributed by atoms with Gasteiger partial charge in [-0.15, -0.1) is 10.2 Å². The van der Waals surface area contributed by atoms with Gasteiger partial charge < -0.3 is 14.2 Å². The molecule has 0 atom stereocenters. The lowest BCUT2D eigenvalue weighted by molar-refractivity contribution is 0.578. The molecule has 0 amide bonds. The Kier molecular flexibility index (Phi) is 4.28. The second-order valence-corrected chi connectivity index (χ2v) is 5.97. The van der Waals surface area contributed by atoms with Gasteiger partial charge in [-0.05, 0) is 36.2 Å². The molecule has 0 radical (unpaired) electrons. The molecule has 3 aromatic rings. The second kappa shape index (κ2) is 6.88. The van der Waals surface area contributed by atoms with Crippen molar-refractivity contribution >= 4 is 11.8 Å². The lowest BCUT2D eigenvalue weighted by atomic mass is 10.2. The van der Waals surface area contributed by atoms with Crippen molar-refractivity contribution in [1.29, 1.82) is 0 Å². The van der Waals surface area contributed by atoms with Crippen molar-refractivity contribution in [3.63, 3.8) is 0 Å². The van der Waals surface area contributed by atoms with Gasteiger partial charge in [-0.1, -0.05) is 6.92 Å². The monoisotopic (exact) mass is 336 g/mol. The molecule has 0 spiro atoms. The van der Waals surface area contributed by atoms with E-state index in [1.54, 1.807) is 6.26 Å². The SMILES string of the molecule is CCc1cnc(N2CCN(c3ccc(-c4ccco4)nn3)CC2)nc1. The van der Waals surface area contributed by atoms with Gasteiger partial charge in [-0.25, -0.2) is 9.97 Å². The number of furan rings is 1. The fraction of sp³-hybridized carbons (Fsp3) is 0.333. The first kappa shape index (κ1) is 15.6. The van der Waals surface area contributed by atoms with Gasteiger partial charge in [0.1, 0.15) is 5.69 Å². The Hall–Kier alpha value is -2.96. The Labute approximate surface area is 146 Å². The fourth-order valence-corrected chi connectivity index (χ4v) is 2.88. The topological polar surface area (TPSA) is 71.2 Å². The molecule has 7 heteroatoms. The Bertz CT molecular complexity index is 793. The van der Waals surface area contributed by atoms with Crippen molar-refractivity contribution in [2.75, 3.05) is 36.0 Å². The molecule has 0 saturated carbocycles. The van der Waals surface area contributed by atoms with E-state index in [4.69, 9.17) is 4.42 Å². The highest BCUT2D eigenvalue weighted by Crippen LogP contribution is 2.20. The first-order valence-electron chi connectivity index (χ1n) is 8.52. The van der Waals surface area contributed by atoms with Crippen LogP contribution in [0, 0.1) is 0 Å². The van der Waals surface area contributed by atoms with Gasteiger partial charge in [0.25, 0.3) is 0 Å². The van der Waals surface area contributed by atoms with Crippen molar-refractivity contribution < 1.29 is 4.42 Å². The zero-order valence-corrected chi connectivity index (χ0v) is 14.2. The molecule has 0 N–H and O–H groups in total. The van der Waals surface area contributed by atoms with Crippen molar-refractivity contribution in [2.45, 2.75) is 13.3 Å². The first-order valence-corrected chi connectivity index (χ1v) is 8.52. The van der Waals surface area contributed by atoms with Gasteiger partial charge in [0.15, 0.2) is 11.6 Å². The third kappa shape index (κ3) is 3.31. The molecule has 4 heterocycles. The van der Waals surface area contributed by atoms with E-state index in [9.17, 15) is 0 Å². The van der Waals surface area contributed by atoms with Gasteiger partial charge in [0.05, 0.1) is 6.26 Å². The number of anilines is 2. The summed E-state index contributed by atoms with van der Waals surface area (Å²) in [4.78, 5) is 13.4. The molecule has 0 aliphatic carbocycles.